The molecule has 0 bridgehead atoms. The normalized spacial score (nSPS) is 15.1. The maximum absolute atomic E-state index is 12.8. The van der Waals surface area contributed by atoms with Crippen molar-refractivity contribution in [3.05, 3.63) is 76.7 Å². The first kappa shape index (κ1) is 20.7. The Labute approximate surface area is 175 Å². The van der Waals surface area contributed by atoms with Crippen LogP contribution >= 0.6 is 11.8 Å². The van der Waals surface area contributed by atoms with Gasteiger partial charge in [0.25, 0.3) is 11.1 Å². The Morgan fingerprint density at radius 2 is 1.93 bits per heavy atom. The summed E-state index contributed by atoms with van der Waals surface area (Å²) in [4.78, 5) is 26.9. The van der Waals surface area contributed by atoms with Gasteiger partial charge in [0.05, 0.1) is 25.2 Å². The third-order valence-corrected chi connectivity index (χ3v) is 5.28. The van der Waals surface area contributed by atoms with Crippen molar-refractivity contribution >= 4 is 29.0 Å². The third-order valence-electron chi connectivity index (χ3n) is 4.38. The number of rotatable bonds is 8. The molecule has 1 saturated heterocycles. The van der Waals surface area contributed by atoms with Crippen LogP contribution in [0.3, 0.4) is 0 Å². The summed E-state index contributed by atoms with van der Waals surface area (Å²) in [5.74, 6) is 0.966. The van der Waals surface area contributed by atoms with Gasteiger partial charge in [-0.1, -0.05) is 36.4 Å². The molecule has 0 radical (unpaired) electrons. The van der Waals surface area contributed by atoms with E-state index in [0.29, 0.717) is 29.4 Å². The summed E-state index contributed by atoms with van der Waals surface area (Å²) in [6, 6.07) is 13.2. The highest BCUT2D eigenvalue weighted by Crippen LogP contribution is 2.37. The van der Waals surface area contributed by atoms with Gasteiger partial charge in [0.2, 0.25) is 0 Å². The highest BCUT2D eigenvalue weighted by atomic mass is 32.2. The van der Waals surface area contributed by atoms with E-state index in [1.807, 2.05) is 49.4 Å². The van der Waals surface area contributed by atoms with Gasteiger partial charge in [-0.05, 0) is 54.4 Å². The molecule has 0 spiro atoms. The SMILES string of the molecule is C=CCc1cc(/C=C2/SC(=O)N(Cc3ccccc3)C2=O)cc(OCC)c1OC. The minimum absolute atomic E-state index is 0.261. The maximum atomic E-state index is 12.8. The van der Waals surface area contributed by atoms with E-state index >= 15 is 0 Å². The molecule has 0 atom stereocenters. The van der Waals surface area contributed by atoms with Gasteiger partial charge in [-0.25, -0.2) is 0 Å². The predicted molar refractivity (Wildman–Crippen MR) is 116 cm³/mol. The van der Waals surface area contributed by atoms with E-state index < -0.39 is 0 Å². The Bertz CT molecular complexity index is 953. The second-order valence-corrected chi connectivity index (χ2v) is 7.38. The molecule has 2 amide bonds. The Hall–Kier alpha value is -2.99. The molecule has 1 aliphatic heterocycles. The zero-order valence-corrected chi connectivity index (χ0v) is 17.3. The molecule has 0 aromatic heterocycles. The second kappa shape index (κ2) is 9.47. The Kier molecular flexibility index (Phi) is 6.77. The zero-order chi connectivity index (χ0) is 20.8. The van der Waals surface area contributed by atoms with Crippen molar-refractivity contribution in [2.45, 2.75) is 19.9 Å². The fraction of sp³-hybridized carbons (Fsp3) is 0.217. The predicted octanol–water partition coefficient (Wildman–Crippen LogP) is 5.06. The number of thioether (sulfide) groups is 1. The number of carbonyl (C=O) groups is 2. The summed E-state index contributed by atoms with van der Waals surface area (Å²) in [6.45, 7) is 6.44. The van der Waals surface area contributed by atoms with Crippen molar-refractivity contribution < 1.29 is 19.1 Å². The fourth-order valence-electron chi connectivity index (χ4n) is 3.12. The van der Waals surface area contributed by atoms with E-state index in [1.54, 1.807) is 19.3 Å². The summed E-state index contributed by atoms with van der Waals surface area (Å²) in [5.41, 5.74) is 2.59. The molecule has 0 unspecified atom stereocenters. The standard InChI is InChI=1S/C23H23NO4S/c1-4-9-18-12-17(13-19(28-5-2)21(18)27-3)14-20-22(25)24(23(26)29-20)15-16-10-7-6-8-11-16/h4,6-8,10-14H,1,5,9,15H2,2-3H3/b20-14+. The first-order chi connectivity index (χ1) is 14.1. The summed E-state index contributed by atoms with van der Waals surface area (Å²) < 4.78 is 11.2. The monoisotopic (exact) mass is 409 g/mol. The Morgan fingerprint density at radius 3 is 2.59 bits per heavy atom. The maximum Gasteiger partial charge on any atom is 0.293 e. The number of hydrogen-bond acceptors (Lipinski definition) is 5. The van der Waals surface area contributed by atoms with E-state index in [-0.39, 0.29) is 17.7 Å². The van der Waals surface area contributed by atoms with Crippen molar-refractivity contribution in [2.24, 2.45) is 0 Å². The number of ether oxygens (including phenoxy) is 2. The van der Waals surface area contributed by atoms with Gasteiger partial charge in [0.15, 0.2) is 11.5 Å². The number of imide groups is 1. The van der Waals surface area contributed by atoms with Gasteiger partial charge in [-0.15, -0.1) is 6.58 Å². The molecule has 0 saturated carbocycles. The highest BCUT2D eigenvalue weighted by molar-refractivity contribution is 8.18. The lowest BCUT2D eigenvalue weighted by Crippen LogP contribution is -2.27. The lowest BCUT2D eigenvalue weighted by atomic mass is 10.0. The first-order valence-corrected chi connectivity index (χ1v) is 10.1. The number of hydrogen-bond donors (Lipinski definition) is 0. The van der Waals surface area contributed by atoms with E-state index in [4.69, 9.17) is 9.47 Å². The van der Waals surface area contributed by atoms with Crippen LogP contribution in [0, 0.1) is 0 Å². The molecule has 1 aliphatic rings. The van der Waals surface area contributed by atoms with Gasteiger partial charge < -0.3 is 9.47 Å². The molecule has 5 nitrogen and oxygen atoms in total. The van der Waals surface area contributed by atoms with Gasteiger partial charge in [0.1, 0.15) is 0 Å². The van der Waals surface area contributed by atoms with E-state index in [1.165, 1.54) is 4.90 Å². The van der Waals surface area contributed by atoms with E-state index in [9.17, 15) is 9.59 Å². The number of methoxy groups -OCH3 is 1. The molecule has 2 aromatic carbocycles. The lowest BCUT2D eigenvalue weighted by molar-refractivity contribution is -0.123. The molecule has 2 aromatic rings. The molecular formula is C23H23NO4S. The van der Waals surface area contributed by atoms with Gasteiger partial charge in [0, 0.05) is 5.56 Å². The summed E-state index contributed by atoms with van der Waals surface area (Å²) in [6.07, 6.45) is 4.11. The number of nitrogens with zero attached hydrogens (tertiary/aromatic N) is 1. The molecule has 0 aliphatic carbocycles. The molecule has 3 rings (SSSR count). The topological polar surface area (TPSA) is 55.8 Å². The minimum Gasteiger partial charge on any atom is -0.493 e. The van der Waals surface area contributed by atoms with Crippen molar-refractivity contribution in [3.63, 3.8) is 0 Å². The Balaban J connectivity index is 1.92. The zero-order valence-electron chi connectivity index (χ0n) is 16.5. The minimum atomic E-state index is -0.289. The van der Waals surface area contributed by atoms with E-state index in [0.717, 1.165) is 28.5 Å². The van der Waals surface area contributed by atoms with Crippen LogP contribution in [0.5, 0.6) is 11.5 Å². The molecule has 29 heavy (non-hydrogen) atoms. The van der Waals surface area contributed by atoms with Gasteiger partial charge in [-0.2, -0.15) is 0 Å². The number of allylic oxidation sites excluding steroid dienone is 1. The van der Waals surface area contributed by atoms with E-state index in [2.05, 4.69) is 6.58 Å². The van der Waals surface area contributed by atoms with Crippen LogP contribution in [0.2, 0.25) is 0 Å². The van der Waals surface area contributed by atoms with Gasteiger partial charge in [-0.3, -0.25) is 14.5 Å². The quantitative estimate of drug-likeness (QED) is 0.451. The van der Waals surface area contributed by atoms with Crippen LogP contribution in [0.1, 0.15) is 23.6 Å². The fourth-order valence-corrected chi connectivity index (χ4v) is 3.96. The molecule has 150 valence electrons. The largest absolute Gasteiger partial charge is 0.493 e. The van der Waals surface area contributed by atoms with Crippen molar-refractivity contribution in [2.75, 3.05) is 13.7 Å². The average Bonchev–Trinajstić information content (AvgIpc) is 2.97. The molecule has 1 heterocycles. The second-order valence-electron chi connectivity index (χ2n) is 6.39. The van der Waals surface area contributed by atoms with Crippen LogP contribution in [0.4, 0.5) is 4.79 Å². The summed E-state index contributed by atoms with van der Waals surface area (Å²) in [5, 5.41) is -0.269. The smallest absolute Gasteiger partial charge is 0.293 e. The van der Waals surface area contributed by atoms with Gasteiger partial charge >= 0.3 is 0 Å². The molecule has 6 heteroatoms. The van der Waals surface area contributed by atoms with Crippen LogP contribution in [0.25, 0.3) is 6.08 Å². The first-order valence-electron chi connectivity index (χ1n) is 9.31. The van der Waals surface area contributed by atoms with Crippen molar-refractivity contribution in [1.29, 1.82) is 0 Å². The third kappa shape index (κ3) is 4.71. The van der Waals surface area contributed by atoms with Crippen LogP contribution in [-0.2, 0) is 17.8 Å². The van der Waals surface area contributed by atoms with Crippen molar-refractivity contribution in [1.82, 2.24) is 4.90 Å². The van der Waals surface area contributed by atoms with Crippen LogP contribution in [0.15, 0.2) is 60.0 Å². The molecular weight excluding hydrogens is 386 g/mol. The number of amides is 2. The number of benzene rings is 2. The Morgan fingerprint density at radius 1 is 1.17 bits per heavy atom. The van der Waals surface area contributed by atoms with Crippen molar-refractivity contribution in [3.8, 4) is 11.5 Å². The summed E-state index contributed by atoms with van der Waals surface area (Å²) in [7, 11) is 1.60. The van der Waals surface area contributed by atoms with Crippen LogP contribution < -0.4 is 9.47 Å². The molecule has 0 N–H and O–H groups in total. The summed E-state index contributed by atoms with van der Waals surface area (Å²) >= 11 is 0.951. The lowest BCUT2D eigenvalue weighted by Gasteiger charge is -2.14. The highest BCUT2D eigenvalue weighted by Gasteiger charge is 2.35. The molecule has 1 fully saturated rings. The average molecular weight is 410 g/mol. The number of carbonyl (C=O) groups excluding carboxylic acids is 2. The van der Waals surface area contributed by atoms with Crippen LogP contribution in [-0.4, -0.2) is 29.8 Å².